The molecule has 0 saturated carbocycles. The predicted molar refractivity (Wildman–Crippen MR) is 70.6 cm³/mol. The van der Waals surface area contributed by atoms with Gasteiger partial charge < -0.3 is 10.6 Å². The number of hydrogen-bond acceptors (Lipinski definition) is 4. The average molecular weight is 249 g/mol. The molecule has 0 unspecified atom stereocenters. The monoisotopic (exact) mass is 248 g/mol. The molecule has 0 radical (unpaired) electrons. The molecule has 0 spiro atoms. The summed E-state index contributed by atoms with van der Waals surface area (Å²) in [4.78, 5) is 10.0. The summed E-state index contributed by atoms with van der Waals surface area (Å²) in [6.07, 6.45) is 1.42. The maximum atomic E-state index is 6.12. The molecule has 4 nitrogen and oxygen atoms in total. The van der Waals surface area contributed by atoms with E-state index in [1.54, 1.807) is 0 Å². The molecule has 0 aliphatic carbocycles. The van der Waals surface area contributed by atoms with Gasteiger partial charge in [0.05, 0.1) is 0 Å². The van der Waals surface area contributed by atoms with E-state index in [0.29, 0.717) is 16.7 Å². The van der Waals surface area contributed by atoms with Gasteiger partial charge in [-0.05, 0) is 19.1 Å². The summed E-state index contributed by atoms with van der Waals surface area (Å²) < 4.78 is 0. The summed E-state index contributed by atoms with van der Waals surface area (Å²) in [7, 11) is 0. The van der Waals surface area contributed by atoms with Crippen molar-refractivity contribution in [1.82, 2.24) is 9.97 Å². The molecule has 0 fully saturated rings. The fourth-order valence-corrected chi connectivity index (χ4v) is 1.82. The van der Waals surface area contributed by atoms with Gasteiger partial charge in [0.15, 0.2) is 5.82 Å². The van der Waals surface area contributed by atoms with Crippen LogP contribution in [-0.4, -0.2) is 16.5 Å². The van der Waals surface area contributed by atoms with Gasteiger partial charge in [0.25, 0.3) is 0 Å². The van der Waals surface area contributed by atoms with Gasteiger partial charge in [-0.25, -0.2) is 9.97 Å². The van der Waals surface area contributed by atoms with Gasteiger partial charge in [-0.1, -0.05) is 29.8 Å². The summed E-state index contributed by atoms with van der Waals surface area (Å²) in [6.45, 7) is 2.78. The zero-order chi connectivity index (χ0) is 12.3. The fraction of sp³-hybridized carbons (Fsp3) is 0.167. The second-order valence-corrected chi connectivity index (χ2v) is 3.85. The lowest BCUT2D eigenvalue weighted by Gasteiger charge is -2.23. The lowest BCUT2D eigenvalue weighted by Crippen LogP contribution is -2.18. The Labute approximate surface area is 105 Å². The van der Waals surface area contributed by atoms with Crippen LogP contribution in [0.4, 0.5) is 17.3 Å². The molecule has 2 aromatic rings. The minimum Gasteiger partial charge on any atom is -0.382 e. The fourth-order valence-electron chi connectivity index (χ4n) is 1.62. The van der Waals surface area contributed by atoms with Crippen LogP contribution in [0, 0.1) is 0 Å². The highest BCUT2D eigenvalue weighted by Gasteiger charge is 2.14. The van der Waals surface area contributed by atoms with Crippen LogP contribution in [0.15, 0.2) is 36.7 Å². The maximum absolute atomic E-state index is 6.12. The maximum Gasteiger partial charge on any atom is 0.157 e. The summed E-state index contributed by atoms with van der Waals surface area (Å²) in [6, 6.07) is 9.90. The van der Waals surface area contributed by atoms with E-state index in [1.165, 1.54) is 6.33 Å². The number of hydrogen-bond donors (Lipinski definition) is 1. The van der Waals surface area contributed by atoms with Crippen LogP contribution in [0.3, 0.4) is 0 Å². The molecule has 88 valence electrons. The second-order valence-electron chi connectivity index (χ2n) is 3.48. The van der Waals surface area contributed by atoms with E-state index in [2.05, 4.69) is 9.97 Å². The highest BCUT2D eigenvalue weighted by atomic mass is 35.5. The van der Waals surface area contributed by atoms with Gasteiger partial charge in [0, 0.05) is 12.2 Å². The van der Waals surface area contributed by atoms with Crippen molar-refractivity contribution in [2.45, 2.75) is 6.92 Å². The van der Waals surface area contributed by atoms with E-state index in [4.69, 9.17) is 17.3 Å². The zero-order valence-corrected chi connectivity index (χ0v) is 10.2. The molecule has 0 aliphatic rings. The Balaban J connectivity index is 2.46. The summed E-state index contributed by atoms with van der Waals surface area (Å²) in [5.41, 5.74) is 6.70. The standard InChI is InChI=1S/C12H13ClN4/c1-2-17(9-6-4-3-5-7-9)12-10(13)11(14)15-8-16-12/h3-8H,2H2,1H3,(H2,14,15,16). The molecule has 1 heterocycles. The number of para-hydroxylation sites is 1. The SMILES string of the molecule is CCN(c1ccccc1)c1ncnc(N)c1Cl. The minimum absolute atomic E-state index is 0.297. The van der Waals surface area contributed by atoms with Crippen molar-refractivity contribution in [1.29, 1.82) is 0 Å². The van der Waals surface area contributed by atoms with Crippen LogP contribution in [-0.2, 0) is 0 Å². The molecule has 1 aromatic carbocycles. The van der Waals surface area contributed by atoms with Gasteiger partial charge in [-0.15, -0.1) is 0 Å². The highest BCUT2D eigenvalue weighted by Crippen LogP contribution is 2.31. The van der Waals surface area contributed by atoms with Gasteiger partial charge >= 0.3 is 0 Å². The third-order valence-electron chi connectivity index (χ3n) is 2.44. The number of halogens is 1. The van der Waals surface area contributed by atoms with E-state index < -0.39 is 0 Å². The van der Waals surface area contributed by atoms with E-state index in [0.717, 1.165) is 12.2 Å². The molecule has 0 amide bonds. The molecule has 17 heavy (non-hydrogen) atoms. The lowest BCUT2D eigenvalue weighted by atomic mass is 10.3. The van der Waals surface area contributed by atoms with Crippen molar-refractivity contribution >= 4 is 28.9 Å². The number of aromatic nitrogens is 2. The Morgan fingerprint density at radius 1 is 1.24 bits per heavy atom. The quantitative estimate of drug-likeness (QED) is 0.908. The smallest absolute Gasteiger partial charge is 0.157 e. The first kappa shape index (κ1) is 11.7. The Morgan fingerprint density at radius 2 is 1.94 bits per heavy atom. The van der Waals surface area contributed by atoms with Crippen molar-refractivity contribution in [3.05, 3.63) is 41.7 Å². The Hall–Kier alpha value is -1.81. The largest absolute Gasteiger partial charge is 0.382 e. The van der Waals surface area contributed by atoms with Crippen LogP contribution < -0.4 is 10.6 Å². The van der Waals surface area contributed by atoms with Crippen molar-refractivity contribution in [3.8, 4) is 0 Å². The molecule has 0 bridgehead atoms. The predicted octanol–water partition coefficient (Wildman–Crippen LogP) is 2.87. The van der Waals surface area contributed by atoms with Crippen molar-refractivity contribution < 1.29 is 0 Å². The molecular weight excluding hydrogens is 236 g/mol. The molecule has 0 aliphatic heterocycles. The molecule has 5 heteroatoms. The third-order valence-corrected chi connectivity index (χ3v) is 2.80. The van der Waals surface area contributed by atoms with Gasteiger partial charge in [0.2, 0.25) is 0 Å². The number of nitrogens with zero attached hydrogens (tertiary/aromatic N) is 3. The summed E-state index contributed by atoms with van der Waals surface area (Å²) >= 11 is 6.12. The van der Waals surface area contributed by atoms with E-state index >= 15 is 0 Å². The van der Waals surface area contributed by atoms with Crippen LogP contribution in [0.5, 0.6) is 0 Å². The molecule has 2 rings (SSSR count). The summed E-state index contributed by atoms with van der Waals surface area (Å²) in [5.74, 6) is 0.930. The molecular formula is C12H13ClN4. The van der Waals surface area contributed by atoms with E-state index in [9.17, 15) is 0 Å². The number of nitrogens with two attached hydrogens (primary N) is 1. The first-order valence-corrected chi connectivity index (χ1v) is 5.70. The highest BCUT2D eigenvalue weighted by molar-refractivity contribution is 6.35. The van der Waals surface area contributed by atoms with Gasteiger partial charge in [0.1, 0.15) is 17.2 Å². The first-order chi connectivity index (χ1) is 8.24. The normalized spacial score (nSPS) is 10.2. The average Bonchev–Trinajstić information content (AvgIpc) is 2.37. The lowest BCUT2D eigenvalue weighted by molar-refractivity contribution is 0.978. The van der Waals surface area contributed by atoms with E-state index in [1.807, 2.05) is 42.2 Å². The Morgan fingerprint density at radius 3 is 2.59 bits per heavy atom. The summed E-state index contributed by atoms with van der Waals surface area (Å²) in [5, 5.41) is 0.387. The molecule has 0 saturated heterocycles. The number of benzene rings is 1. The van der Waals surface area contributed by atoms with Crippen molar-refractivity contribution in [2.24, 2.45) is 0 Å². The van der Waals surface area contributed by atoms with Gasteiger partial charge in [-0.3, -0.25) is 0 Å². The third kappa shape index (κ3) is 2.31. The molecule has 2 N–H and O–H groups in total. The van der Waals surface area contributed by atoms with Crippen LogP contribution >= 0.6 is 11.6 Å². The Bertz CT molecular complexity index is 501. The topological polar surface area (TPSA) is 55.0 Å². The van der Waals surface area contributed by atoms with Crippen molar-refractivity contribution in [3.63, 3.8) is 0 Å². The minimum atomic E-state index is 0.297. The van der Waals surface area contributed by atoms with E-state index in [-0.39, 0.29) is 0 Å². The molecule has 1 aromatic heterocycles. The van der Waals surface area contributed by atoms with Crippen LogP contribution in [0.2, 0.25) is 5.02 Å². The van der Waals surface area contributed by atoms with Gasteiger partial charge in [-0.2, -0.15) is 0 Å². The first-order valence-electron chi connectivity index (χ1n) is 5.32. The number of anilines is 3. The zero-order valence-electron chi connectivity index (χ0n) is 9.47. The number of rotatable bonds is 3. The van der Waals surface area contributed by atoms with Crippen LogP contribution in [0.1, 0.15) is 6.92 Å². The number of nitrogen functional groups attached to an aromatic ring is 1. The van der Waals surface area contributed by atoms with Crippen molar-refractivity contribution in [2.75, 3.05) is 17.2 Å². The Kier molecular flexibility index (Phi) is 3.44. The second kappa shape index (κ2) is 5.01. The molecule has 0 atom stereocenters. The van der Waals surface area contributed by atoms with Crippen LogP contribution in [0.25, 0.3) is 0 Å².